The van der Waals surface area contributed by atoms with Gasteiger partial charge in [-0.25, -0.2) is 13.6 Å². The molecular formula is C18H15F2NO5. The minimum atomic E-state index is -1.37. The number of benzene rings is 2. The Balaban J connectivity index is 1.93. The Morgan fingerprint density at radius 2 is 1.69 bits per heavy atom. The molecule has 26 heavy (non-hydrogen) atoms. The van der Waals surface area contributed by atoms with Crippen LogP contribution in [0.5, 0.6) is 0 Å². The first-order chi connectivity index (χ1) is 12.4. The maximum Gasteiger partial charge on any atom is 0.331 e. The Morgan fingerprint density at radius 1 is 1.00 bits per heavy atom. The molecule has 2 aromatic rings. The Kier molecular flexibility index (Phi) is 6.51. The number of hydrogen-bond donors (Lipinski definition) is 2. The number of ether oxygens (including phenoxy) is 1. The molecule has 0 aromatic heterocycles. The molecule has 2 N–H and O–H groups in total. The van der Waals surface area contributed by atoms with E-state index in [1.54, 1.807) is 18.2 Å². The standard InChI is InChI=1S/C18H15F2NO5/c19-13-7-6-12(8-14(13)20)16(23)10-26-18(25)15(9-22)21-17(24)11-4-2-1-3-5-11/h1-8,15,22H,9-10H2,(H,21,24). The predicted molar refractivity (Wildman–Crippen MR) is 86.4 cm³/mol. The van der Waals surface area contributed by atoms with Gasteiger partial charge in [-0.15, -0.1) is 0 Å². The van der Waals surface area contributed by atoms with Crippen LogP contribution in [0.4, 0.5) is 8.78 Å². The average molecular weight is 363 g/mol. The van der Waals surface area contributed by atoms with Crippen molar-refractivity contribution in [2.75, 3.05) is 13.2 Å². The minimum absolute atomic E-state index is 0.175. The van der Waals surface area contributed by atoms with Gasteiger partial charge in [-0.1, -0.05) is 18.2 Å². The van der Waals surface area contributed by atoms with E-state index in [4.69, 9.17) is 4.74 Å². The second kappa shape index (κ2) is 8.82. The summed E-state index contributed by atoms with van der Waals surface area (Å²) in [7, 11) is 0. The van der Waals surface area contributed by atoms with Crippen LogP contribution in [0.15, 0.2) is 48.5 Å². The lowest BCUT2D eigenvalue weighted by atomic mass is 10.1. The Morgan fingerprint density at radius 3 is 2.31 bits per heavy atom. The second-order valence-electron chi connectivity index (χ2n) is 5.23. The van der Waals surface area contributed by atoms with E-state index < -0.39 is 48.5 Å². The third kappa shape index (κ3) is 4.93. The number of esters is 1. The molecule has 1 amide bonds. The fourth-order valence-corrected chi connectivity index (χ4v) is 2.00. The van der Waals surface area contributed by atoms with Crippen LogP contribution in [0, 0.1) is 11.6 Å². The minimum Gasteiger partial charge on any atom is -0.456 e. The summed E-state index contributed by atoms with van der Waals surface area (Å²) >= 11 is 0. The molecule has 8 heteroatoms. The summed E-state index contributed by atoms with van der Waals surface area (Å²) in [6.07, 6.45) is 0. The number of ketones is 1. The summed E-state index contributed by atoms with van der Waals surface area (Å²) in [5.74, 6) is -4.71. The molecule has 0 aliphatic rings. The molecule has 2 aromatic carbocycles. The lowest BCUT2D eigenvalue weighted by Crippen LogP contribution is -2.44. The number of nitrogens with one attached hydrogen (secondary N) is 1. The first kappa shape index (κ1) is 19.2. The first-order valence-corrected chi connectivity index (χ1v) is 7.54. The molecule has 0 aliphatic carbocycles. The van der Waals surface area contributed by atoms with Crippen molar-refractivity contribution in [2.24, 2.45) is 0 Å². The molecule has 0 radical (unpaired) electrons. The zero-order valence-electron chi connectivity index (χ0n) is 13.4. The highest BCUT2D eigenvalue weighted by molar-refractivity contribution is 5.99. The van der Waals surface area contributed by atoms with Gasteiger partial charge in [-0.05, 0) is 30.3 Å². The van der Waals surface area contributed by atoms with Gasteiger partial charge in [0.1, 0.15) is 0 Å². The van der Waals surface area contributed by atoms with Crippen molar-refractivity contribution in [2.45, 2.75) is 6.04 Å². The summed E-state index contributed by atoms with van der Waals surface area (Å²) in [6, 6.07) is 9.13. The summed E-state index contributed by atoms with van der Waals surface area (Å²) in [4.78, 5) is 35.7. The highest BCUT2D eigenvalue weighted by Crippen LogP contribution is 2.09. The largest absolute Gasteiger partial charge is 0.456 e. The van der Waals surface area contributed by atoms with Gasteiger partial charge < -0.3 is 15.2 Å². The highest BCUT2D eigenvalue weighted by atomic mass is 19.2. The lowest BCUT2D eigenvalue weighted by molar-refractivity contribution is -0.145. The van der Waals surface area contributed by atoms with Crippen molar-refractivity contribution in [1.29, 1.82) is 0 Å². The summed E-state index contributed by atoms with van der Waals surface area (Å²) < 4.78 is 30.7. The van der Waals surface area contributed by atoms with E-state index in [9.17, 15) is 28.3 Å². The summed E-state index contributed by atoms with van der Waals surface area (Å²) in [5.41, 5.74) is 0.0992. The van der Waals surface area contributed by atoms with Crippen LogP contribution >= 0.6 is 0 Å². The fraction of sp³-hybridized carbons (Fsp3) is 0.167. The lowest BCUT2D eigenvalue weighted by Gasteiger charge is -2.15. The van der Waals surface area contributed by atoms with Crippen molar-refractivity contribution >= 4 is 17.7 Å². The maximum absolute atomic E-state index is 13.1. The van der Waals surface area contributed by atoms with Crippen LogP contribution in [0.3, 0.4) is 0 Å². The van der Waals surface area contributed by atoms with Gasteiger partial charge in [0.15, 0.2) is 30.1 Å². The number of Topliss-reactive ketones (excluding diaryl/α,β-unsaturated/α-hetero) is 1. The third-order valence-electron chi connectivity index (χ3n) is 3.40. The topological polar surface area (TPSA) is 92.7 Å². The van der Waals surface area contributed by atoms with Crippen LogP contribution in [-0.4, -0.2) is 42.0 Å². The van der Waals surface area contributed by atoms with Crippen molar-refractivity contribution < 1.29 is 33.0 Å². The number of aliphatic hydroxyl groups excluding tert-OH is 1. The molecule has 0 fully saturated rings. The Labute approximate surface area is 147 Å². The third-order valence-corrected chi connectivity index (χ3v) is 3.40. The van der Waals surface area contributed by atoms with Crippen LogP contribution in [0.1, 0.15) is 20.7 Å². The number of halogens is 2. The van der Waals surface area contributed by atoms with Gasteiger partial charge in [0.25, 0.3) is 5.91 Å². The maximum atomic E-state index is 13.1. The van der Waals surface area contributed by atoms with Crippen LogP contribution in [0.25, 0.3) is 0 Å². The van der Waals surface area contributed by atoms with Gasteiger partial charge in [-0.3, -0.25) is 9.59 Å². The number of hydrogen-bond acceptors (Lipinski definition) is 5. The quantitative estimate of drug-likeness (QED) is 0.574. The predicted octanol–water partition coefficient (Wildman–Crippen LogP) is 1.48. The molecular weight excluding hydrogens is 348 g/mol. The molecule has 136 valence electrons. The monoisotopic (exact) mass is 363 g/mol. The highest BCUT2D eigenvalue weighted by Gasteiger charge is 2.23. The van der Waals surface area contributed by atoms with Crippen molar-refractivity contribution in [1.82, 2.24) is 5.32 Å². The van der Waals surface area contributed by atoms with Crippen LogP contribution < -0.4 is 5.32 Å². The Hall–Kier alpha value is -3.13. The molecule has 1 atom stereocenters. The Bertz CT molecular complexity index is 810. The molecule has 1 unspecified atom stereocenters. The zero-order chi connectivity index (χ0) is 19.1. The SMILES string of the molecule is O=C(COC(=O)C(CO)NC(=O)c1ccccc1)c1ccc(F)c(F)c1. The molecule has 0 spiro atoms. The zero-order valence-corrected chi connectivity index (χ0v) is 13.4. The smallest absolute Gasteiger partial charge is 0.331 e. The molecule has 0 aliphatic heterocycles. The van der Waals surface area contributed by atoms with Crippen LogP contribution in [0.2, 0.25) is 0 Å². The number of amides is 1. The second-order valence-corrected chi connectivity index (χ2v) is 5.23. The molecule has 2 rings (SSSR count). The van der Waals surface area contributed by atoms with E-state index in [-0.39, 0.29) is 11.1 Å². The molecule has 0 bridgehead atoms. The van der Waals surface area contributed by atoms with Gasteiger partial charge >= 0.3 is 5.97 Å². The van der Waals surface area contributed by atoms with Crippen molar-refractivity contribution in [3.63, 3.8) is 0 Å². The number of carbonyl (C=O) groups is 3. The molecule has 0 saturated heterocycles. The van der Waals surface area contributed by atoms with E-state index in [2.05, 4.69) is 5.32 Å². The fourth-order valence-electron chi connectivity index (χ4n) is 2.00. The first-order valence-electron chi connectivity index (χ1n) is 7.54. The summed E-state index contributed by atoms with van der Waals surface area (Å²) in [5, 5.41) is 11.5. The van der Waals surface area contributed by atoms with Gasteiger partial charge in [-0.2, -0.15) is 0 Å². The molecule has 0 heterocycles. The average Bonchev–Trinajstić information content (AvgIpc) is 2.66. The van der Waals surface area contributed by atoms with E-state index in [0.29, 0.717) is 6.07 Å². The van der Waals surface area contributed by atoms with Crippen molar-refractivity contribution in [3.8, 4) is 0 Å². The van der Waals surface area contributed by atoms with Crippen LogP contribution in [-0.2, 0) is 9.53 Å². The normalized spacial score (nSPS) is 11.5. The number of rotatable bonds is 7. The van der Waals surface area contributed by atoms with Gasteiger partial charge in [0.05, 0.1) is 6.61 Å². The van der Waals surface area contributed by atoms with E-state index in [1.807, 2.05) is 0 Å². The van der Waals surface area contributed by atoms with Gasteiger partial charge in [0, 0.05) is 11.1 Å². The van der Waals surface area contributed by atoms with Gasteiger partial charge in [0.2, 0.25) is 0 Å². The van der Waals surface area contributed by atoms with E-state index in [0.717, 1.165) is 12.1 Å². The molecule has 0 saturated carbocycles. The number of aliphatic hydroxyl groups is 1. The summed E-state index contributed by atoms with van der Waals surface area (Å²) in [6.45, 7) is -1.49. The van der Waals surface area contributed by atoms with E-state index >= 15 is 0 Å². The van der Waals surface area contributed by atoms with E-state index in [1.165, 1.54) is 12.1 Å². The van der Waals surface area contributed by atoms with Crippen molar-refractivity contribution in [3.05, 3.63) is 71.3 Å². The number of carbonyl (C=O) groups excluding carboxylic acids is 3. The molecule has 6 nitrogen and oxygen atoms in total.